The zero-order valence-corrected chi connectivity index (χ0v) is 11.7. The van der Waals surface area contributed by atoms with Crippen LogP contribution in [0.15, 0.2) is 36.5 Å². The summed E-state index contributed by atoms with van der Waals surface area (Å²) in [5, 5.41) is 2.82. The summed E-state index contributed by atoms with van der Waals surface area (Å²) in [6, 6.07) is 10.2. The van der Waals surface area contributed by atoms with Gasteiger partial charge in [0.25, 0.3) is 0 Å². The Hall–Kier alpha value is -1.91. The first-order valence-corrected chi connectivity index (χ1v) is 6.35. The van der Waals surface area contributed by atoms with Crippen molar-refractivity contribution < 1.29 is 4.79 Å². The first-order chi connectivity index (χ1) is 9.28. The van der Waals surface area contributed by atoms with Crippen molar-refractivity contribution in [2.24, 2.45) is 5.73 Å². The zero-order chi connectivity index (χ0) is 13.2. The standard InChI is InChI=1S/C15H15N3O.ClH/c16-9-10-2-1-3-11(8-10)12-6-7-17-15-13(12)4-5-14(19)18-15;/h1-3,6-8H,4-5,9,16H2,(H,17,18,19);1H. The van der Waals surface area contributed by atoms with Gasteiger partial charge in [0, 0.05) is 24.7 Å². The van der Waals surface area contributed by atoms with E-state index < -0.39 is 0 Å². The maximum atomic E-state index is 11.4. The van der Waals surface area contributed by atoms with Crippen LogP contribution in [-0.4, -0.2) is 10.9 Å². The minimum absolute atomic E-state index is 0. The van der Waals surface area contributed by atoms with Gasteiger partial charge in [0.05, 0.1) is 0 Å². The van der Waals surface area contributed by atoms with E-state index >= 15 is 0 Å². The molecular weight excluding hydrogens is 274 g/mol. The summed E-state index contributed by atoms with van der Waals surface area (Å²) in [7, 11) is 0. The van der Waals surface area contributed by atoms with Crippen molar-refractivity contribution in [3.8, 4) is 11.1 Å². The molecule has 1 amide bonds. The van der Waals surface area contributed by atoms with E-state index in [1.807, 2.05) is 18.2 Å². The van der Waals surface area contributed by atoms with Crippen LogP contribution >= 0.6 is 12.4 Å². The van der Waals surface area contributed by atoms with Crippen molar-refractivity contribution in [3.63, 3.8) is 0 Å². The molecule has 0 atom stereocenters. The molecule has 2 heterocycles. The highest BCUT2D eigenvalue weighted by molar-refractivity contribution is 5.94. The third kappa shape index (κ3) is 2.66. The Morgan fingerprint density at radius 3 is 2.90 bits per heavy atom. The van der Waals surface area contributed by atoms with Crippen LogP contribution in [0.5, 0.6) is 0 Å². The van der Waals surface area contributed by atoms with Crippen LogP contribution in [0.2, 0.25) is 0 Å². The average Bonchev–Trinajstić information content (AvgIpc) is 2.46. The lowest BCUT2D eigenvalue weighted by Crippen LogP contribution is -2.20. The Bertz CT molecular complexity index is 643. The number of aromatic nitrogens is 1. The molecule has 3 rings (SSSR count). The number of hydrogen-bond acceptors (Lipinski definition) is 3. The molecule has 0 radical (unpaired) electrons. The van der Waals surface area contributed by atoms with Crippen molar-refractivity contribution in [1.29, 1.82) is 0 Å². The number of anilines is 1. The van der Waals surface area contributed by atoms with E-state index in [4.69, 9.17) is 5.73 Å². The van der Waals surface area contributed by atoms with Gasteiger partial charge in [-0.2, -0.15) is 0 Å². The van der Waals surface area contributed by atoms with Gasteiger partial charge in [0.2, 0.25) is 5.91 Å². The number of halogens is 1. The van der Waals surface area contributed by atoms with E-state index in [0.717, 1.165) is 28.7 Å². The Morgan fingerprint density at radius 1 is 1.25 bits per heavy atom. The molecule has 1 aromatic carbocycles. The smallest absolute Gasteiger partial charge is 0.225 e. The molecule has 3 N–H and O–H groups in total. The normalized spacial score (nSPS) is 13.2. The molecule has 1 aliphatic rings. The first kappa shape index (κ1) is 14.5. The first-order valence-electron chi connectivity index (χ1n) is 6.35. The van der Waals surface area contributed by atoms with Gasteiger partial charge in [-0.15, -0.1) is 12.4 Å². The van der Waals surface area contributed by atoms with E-state index in [2.05, 4.69) is 22.4 Å². The number of fused-ring (bicyclic) bond motifs is 1. The van der Waals surface area contributed by atoms with Crippen molar-refractivity contribution >= 4 is 24.1 Å². The maximum Gasteiger partial charge on any atom is 0.225 e. The highest BCUT2D eigenvalue weighted by Gasteiger charge is 2.19. The van der Waals surface area contributed by atoms with Gasteiger partial charge in [-0.1, -0.05) is 18.2 Å². The summed E-state index contributed by atoms with van der Waals surface area (Å²) in [6.45, 7) is 0.526. The van der Waals surface area contributed by atoms with Crippen molar-refractivity contribution in [3.05, 3.63) is 47.7 Å². The molecular formula is C15H16ClN3O. The summed E-state index contributed by atoms with van der Waals surface area (Å²) in [5.74, 6) is 0.722. The molecule has 1 aromatic heterocycles. The fourth-order valence-electron chi connectivity index (χ4n) is 2.42. The summed E-state index contributed by atoms with van der Waals surface area (Å²) < 4.78 is 0. The van der Waals surface area contributed by atoms with E-state index in [0.29, 0.717) is 18.8 Å². The molecule has 0 unspecified atom stereocenters. The number of rotatable bonds is 2. The minimum atomic E-state index is 0. The van der Waals surface area contributed by atoms with Gasteiger partial charge in [-0.05, 0) is 35.2 Å². The summed E-state index contributed by atoms with van der Waals surface area (Å²) in [6.07, 6.45) is 2.98. The number of nitrogens with two attached hydrogens (primary N) is 1. The Kier molecular flexibility index (Phi) is 4.37. The molecule has 0 bridgehead atoms. The number of hydrogen-bond donors (Lipinski definition) is 2. The van der Waals surface area contributed by atoms with Gasteiger partial charge in [-0.3, -0.25) is 4.79 Å². The molecule has 4 nitrogen and oxygen atoms in total. The zero-order valence-electron chi connectivity index (χ0n) is 10.9. The van der Waals surface area contributed by atoms with Crippen molar-refractivity contribution in [2.45, 2.75) is 19.4 Å². The topological polar surface area (TPSA) is 68.0 Å². The fraction of sp³-hybridized carbons (Fsp3) is 0.200. The van der Waals surface area contributed by atoms with Crippen LogP contribution in [0.3, 0.4) is 0 Å². The van der Waals surface area contributed by atoms with E-state index in [-0.39, 0.29) is 18.3 Å². The van der Waals surface area contributed by atoms with Crippen molar-refractivity contribution in [1.82, 2.24) is 4.98 Å². The molecule has 0 saturated carbocycles. The number of carbonyl (C=O) groups is 1. The molecule has 1 aliphatic heterocycles. The predicted molar refractivity (Wildman–Crippen MR) is 81.8 cm³/mol. The second kappa shape index (κ2) is 6.03. The van der Waals surface area contributed by atoms with Gasteiger partial charge in [0.15, 0.2) is 0 Å². The molecule has 104 valence electrons. The number of benzene rings is 1. The Morgan fingerprint density at radius 2 is 2.10 bits per heavy atom. The van der Waals surface area contributed by atoms with Gasteiger partial charge in [0.1, 0.15) is 5.82 Å². The lowest BCUT2D eigenvalue weighted by Gasteiger charge is -2.19. The number of nitrogens with zero attached hydrogens (tertiary/aromatic N) is 1. The van der Waals surface area contributed by atoms with Crippen LogP contribution < -0.4 is 11.1 Å². The van der Waals surface area contributed by atoms with E-state index in [9.17, 15) is 4.79 Å². The summed E-state index contributed by atoms with van der Waals surface area (Å²) in [4.78, 5) is 15.6. The van der Waals surface area contributed by atoms with Crippen LogP contribution in [0.1, 0.15) is 17.5 Å². The highest BCUT2D eigenvalue weighted by atomic mass is 35.5. The fourth-order valence-corrected chi connectivity index (χ4v) is 2.42. The summed E-state index contributed by atoms with van der Waals surface area (Å²) in [5.41, 5.74) is 10.1. The molecule has 2 aromatic rings. The van der Waals surface area contributed by atoms with Crippen LogP contribution in [0.25, 0.3) is 11.1 Å². The second-order valence-corrected chi connectivity index (χ2v) is 4.64. The minimum Gasteiger partial charge on any atom is -0.326 e. The van der Waals surface area contributed by atoms with Crippen LogP contribution in [0.4, 0.5) is 5.82 Å². The molecule has 5 heteroatoms. The Labute approximate surface area is 123 Å². The Balaban J connectivity index is 0.00000147. The van der Waals surface area contributed by atoms with E-state index in [1.54, 1.807) is 6.20 Å². The molecule has 0 spiro atoms. The highest BCUT2D eigenvalue weighted by Crippen LogP contribution is 2.31. The molecule has 0 saturated heterocycles. The number of carbonyl (C=O) groups excluding carboxylic acids is 1. The number of pyridine rings is 1. The third-order valence-electron chi connectivity index (χ3n) is 3.39. The monoisotopic (exact) mass is 289 g/mol. The maximum absolute atomic E-state index is 11.4. The lowest BCUT2D eigenvalue weighted by atomic mass is 9.94. The van der Waals surface area contributed by atoms with Gasteiger partial charge < -0.3 is 11.1 Å². The number of nitrogens with one attached hydrogen (secondary N) is 1. The predicted octanol–water partition coefficient (Wildman–Crippen LogP) is 2.51. The lowest BCUT2D eigenvalue weighted by molar-refractivity contribution is -0.116. The average molecular weight is 290 g/mol. The largest absolute Gasteiger partial charge is 0.326 e. The van der Waals surface area contributed by atoms with Crippen molar-refractivity contribution in [2.75, 3.05) is 5.32 Å². The van der Waals surface area contributed by atoms with E-state index in [1.165, 1.54) is 0 Å². The SMILES string of the molecule is Cl.NCc1cccc(-c2ccnc3c2CCC(=O)N3)c1. The van der Waals surface area contributed by atoms with Crippen LogP contribution in [0, 0.1) is 0 Å². The quantitative estimate of drug-likeness (QED) is 0.892. The molecule has 0 fully saturated rings. The third-order valence-corrected chi connectivity index (χ3v) is 3.39. The van der Waals surface area contributed by atoms with Crippen LogP contribution in [-0.2, 0) is 17.8 Å². The summed E-state index contributed by atoms with van der Waals surface area (Å²) >= 11 is 0. The molecule has 20 heavy (non-hydrogen) atoms. The molecule has 0 aliphatic carbocycles. The van der Waals surface area contributed by atoms with Gasteiger partial charge >= 0.3 is 0 Å². The second-order valence-electron chi connectivity index (χ2n) is 4.64. The van der Waals surface area contributed by atoms with Gasteiger partial charge in [-0.25, -0.2) is 4.98 Å². The number of amides is 1.